The van der Waals surface area contributed by atoms with Gasteiger partial charge in [0.25, 0.3) is 0 Å². The molecule has 0 aromatic carbocycles. The summed E-state index contributed by atoms with van der Waals surface area (Å²) in [7, 11) is 0. The number of hydrogen-bond donors (Lipinski definition) is 1. The molecule has 0 saturated carbocycles. The van der Waals surface area contributed by atoms with Crippen molar-refractivity contribution in [3.63, 3.8) is 0 Å². The van der Waals surface area contributed by atoms with Gasteiger partial charge in [0, 0.05) is 17.6 Å². The van der Waals surface area contributed by atoms with Crippen molar-refractivity contribution in [3.05, 3.63) is 47.5 Å². The molecule has 0 fully saturated rings. The number of aromatic nitrogens is 2. The van der Waals surface area contributed by atoms with Crippen molar-refractivity contribution in [1.29, 1.82) is 0 Å². The van der Waals surface area contributed by atoms with Gasteiger partial charge in [-0.2, -0.15) is 0 Å². The number of rotatable bonds is 2. The van der Waals surface area contributed by atoms with Crippen LogP contribution < -0.4 is 0 Å². The predicted molar refractivity (Wildman–Crippen MR) is 60.0 cm³/mol. The zero-order valence-corrected chi connectivity index (χ0v) is 9.14. The highest BCUT2D eigenvalue weighted by Crippen LogP contribution is 2.19. The third-order valence-corrected chi connectivity index (χ3v) is 2.54. The van der Waals surface area contributed by atoms with Crippen molar-refractivity contribution in [1.82, 2.24) is 9.55 Å². The van der Waals surface area contributed by atoms with Crippen LogP contribution in [0.1, 0.15) is 21.7 Å². The summed E-state index contributed by atoms with van der Waals surface area (Å²) in [4.78, 5) is 15.1. The van der Waals surface area contributed by atoms with Gasteiger partial charge in [-0.05, 0) is 32.0 Å². The number of carboxylic acid groups (broad SMARTS) is 1. The lowest BCUT2D eigenvalue weighted by atomic mass is 10.2. The summed E-state index contributed by atoms with van der Waals surface area (Å²) in [5.41, 5.74) is 2.86. The van der Waals surface area contributed by atoms with E-state index in [2.05, 4.69) is 4.98 Å². The van der Waals surface area contributed by atoms with E-state index in [0.29, 0.717) is 5.69 Å². The Morgan fingerprint density at radius 3 is 2.44 bits per heavy atom. The molecule has 0 unspecified atom stereocenters. The van der Waals surface area contributed by atoms with E-state index in [0.717, 1.165) is 11.4 Å². The lowest BCUT2D eigenvalue weighted by Crippen LogP contribution is -2.08. The average Bonchev–Trinajstić information content (AvgIpc) is 2.58. The largest absolute Gasteiger partial charge is 0.478 e. The van der Waals surface area contributed by atoms with Crippen LogP contribution >= 0.6 is 0 Å². The van der Waals surface area contributed by atoms with E-state index in [9.17, 15) is 4.79 Å². The highest BCUT2D eigenvalue weighted by molar-refractivity contribution is 5.91. The Bertz CT molecular complexity index is 524. The maximum Gasteiger partial charge on any atom is 0.337 e. The maximum atomic E-state index is 11.1. The molecule has 0 bridgehead atoms. The summed E-state index contributed by atoms with van der Waals surface area (Å²) in [5, 5.41) is 9.11. The molecule has 0 aliphatic carbocycles. The molecule has 2 rings (SSSR count). The first-order valence-electron chi connectivity index (χ1n) is 4.94. The molecule has 2 aromatic heterocycles. The standard InChI is InChI=1S/C12H12N2O2/c1-8-3-4-9(2)14(8)11-7-13-6-5-10(11)12(15)16/h3-7H,1-2H3,(H,15,16). The van der Waals surface area contributed by atoms with Gasteiger partial charge in [-0.1, -0.05) is 0 Å². The first kappa shape index (κ1) is 10.4. The molecular formula is C12H12N2O2. The molecule has 0 spiro atoms. The van der Waals surface area contributed by atoms with Crippen LogP contribution in [0, 0.1) is 13.8 Å². The lowest BCUT2D eigenvalue weighted by Gasteiger charge is -2.11. The van der Waals surface area contributed by atoms with Crippen LogP contribution in [0.5, 0.6) is 0 Å². The molecular weight excluding hydrogens is 204 g/mol. The average molecular weight is 216 g/mol. The molecule has 0 amide bonds. The zero-order chi connectivity index (χ0) is 11.7. The summed E-state index contributed by atoms with van der Waals surface area (Å²) in [6.45, 7) is 3.87. The number of hydrogen-bond acceptors (Lipinski definition) is 2. The predicted octanol–water partition coefficient (Wildman–Crippen LogP) is 2.19. The number of carboxylic acids is 1. The first-order chi connectivity index (χ1) is 7.61. The minimum atomic E-state index is -0.940. The number of carbonyl (C=O) groups is 1. The normalized spacial score (nSPS) is 10.4. The van der Waals surface area contributed by atoms with Gasteiger partial charge < -0.3 is 9.67 Å². The van der Waals surface area contributed by atoms with E-state index in [1.807, 2.05) is 30.5 Å². The Balaban J connectivity index is 2.69. The van der Waals surface area contributed by atoms with E-state index < -0.39 is 5.97 Å². The molecule has 0 atom stereocenters. The molecule has 16 heavy (non-hydrogen) atoms. The second kappa shape index (κ2) is 3.81. The summed E-state index contributed by atoms with van der Waals surface area (Å²) >= 11 is 0. The van der Waals surface area contributed by atoms with Crippen LogP contribution in [0.3, 0.4) is 0 Å². The van der Waals surface area contributed by atoms with Crippen molar-refractivity contribution in [2.75, 3.05) is 0 Å². The molecule has 0 aliphatic rings. The fourth-order valence-electron chi connectivity index (χ4n) is 1.79. The Kier molecular flexibility index (Phi) is 2.48. The van der Waals surface area contributed by atoms with Crippen molar-refractivity contribution in [2.45, 2.75) is 13.8 Å². The fraction of sp³-hybridized carbons (Fsp3) is 0.167. The maximum absolute atomic E-state index is 11.1. The minimum Gasteiger partial charge on any atom is -0.478 e. The first-order valence-corrected chi connectivity index (χ1v) is 4.94. The second-order valence-corrected chi connectivity index (χ2v) is 3.65. The highest BCUT2D eigenvalue weighted by atomic mass is 16.4. The molecule has 82 valence electrons. The number of aromatic carboxylic acids is 1. The summed E-state index contributed by atoms with van der Waals surface area (Å²) in [6, 6.07) is 5.42. The molecule has 4 heteroatoms. The lowest BCUT2D eigenvalue weighted by molar-refractivity contribution is 0.0697. The third-order valence-electron chi connectivity index (χ3n) is 2.54. The fourth-order valence-corrected chi connectivity index (χ4v) is 1.79. The number of pyridine rings is 1. The molecule has 1 N–H and O–H groups in total. The van der Waals surface area contributed by atoms with Gasteiger partial charge in [-0.15, -0.1) is 0 Å². The van der Waals surface area contributed by atoms with Gasteiger partial charge in [-0.3, -0.25) is 4.98 Å². The van der Waals surface area contributed by atoms with Crippen LogP contribution in [0.15, 0.2) is 30.6 Å². The van der Waals surface area contributed by atoms with Gasteiger partial charge in [0.1, 0.15) is 0 Å². The van der Waals surface area contributed by atoms with Crippen LogP contribution in [0.25, 0.3) is 5.69 Å². The topological polar surface area (TPSA) is 55.1 Å². The minimum absolute atomic E-state index is 0.261. The van der Waals surface area contributed by atoms with Crippen LogP contribution in [-0.2, 0) is 0 Å². The van der Waals surface area contributed by atoms with Gasteiger partial charge in [0.05, 0.1) is 17.4 Å². The second-order valence-electron chi connectivity index (χ2n) is 3.65. The quantitative estimate of drug-likeness (QED) is 0.837. The van der Waals surface area contributed by atoms with Crippen molar-refractivity contribution in [3.8, 4) is 5.69 Å². The molecule has 2 aromatic rings. The number of aryl methyl sites for hydroxylation is 2. The van der Waals surface area contributed by atoms with E-state index in [1.54, 1.807) is 6.20 Å². The smallest absolute Gasteiger partial charge is 0.337 e. The summed E-state index contributed by atoms with van der Waals surface area (Å²) in [6.07, 6.45) is 3.06. The molecule has 0 saturated heterocycles. The van der Waals surface area contributed by atoms with Gasteiger partial charge in [0.2, 0.25) is 0 Å². The highest BCUT2D eigenvalue weighted by Gasteiger charge is 2.13. The Morgan fingerprint density at radius 2 is 1.88 bits per heavy atom. The molecule has 2 heterocycles. The zero-order valence-electron chi connectivity index (χ0n) is 9.14. The van der Waals surface area contributed by atoms with E-state index in [4.69, 9.17) is 5.11 Å². The van der Waals surface area contributed by atoms with Crippen LogP contribution in [0.4, 0.5) is 0 Å². The van der Waals surface area contributed by atoms with Crippen molar-refractivity contribution in [2.24, 2.45) is 0 Å². The molecule has 0 radical (unpaired) electrons. The van der Waals surface area contributed by atoms with Crippen LogP contribution in [-0.4, -0.2) is 20.6 Å². The van der Waals surface area contributed by atoms with Gasteiger partial charge >= 0.3 is 5.97 Å². The summed E-state index contributed by atoms with van der Waals surface area (Å²) in [5.74, 6) is -0.940. The Morgan fingerprint density at radius 1 is 1.25 bits per heavy atom. The van der Waals surface area contributed by atoms with Gasteiger partial charge in [0.15, 0.2) is 0 Å². The summed E-state index contributed by atoms with van der Waals surface area (Å²) < 4.78 is 1.89. The molecule has 4 nitrogen and oxygen atoms in total. The SMILES string of the molecule is Cc1ccc(C)n1-c1cnccc1C(=O)O. The van der Waals surface area contributed by atoms with Crippen molar-refractivity contribution >= 4 is 5.97 Å². The van der Waals surface area contributed by atoms with Crippen LogP contribution in [0.2, 0.25) is 0 Å². The van der Waals surface area contributed by atoms with Gasteiger partial charge in [-0.25, -0.2) is 4.79 Å². The van der Waals surface area contributed by atoms with E-state index >= 15 is 0 Å². The third kappa shape index (κ3) is 1.58. The Labute approximate surface area is 93.2 Å². The van der Waals surface area contributed by atoms with E-state index in [1.165, 1.54) is 12.3 Å². The van der Waals surface area contributed by atoms with E-state index in [-0.39, 0.29) is 5.56 Å². The number of nitrogens with zero attached hydrogens (tertiary/aromatic N) is 2. The monoisotopic (exact) mass is 216 g/mol. The van der Waals surface area contributed by atoms with Crippen molar-refractivity contribution < 1.29 is 9.90 Å². The Hall–Kier alpha value is -2.10. The molecule has 0 aliphatic heterocycles.